The molecule has 1 atom stereocenters. The molecule has 0 bridgehead atoms. The van der Waals surface area contributed by atoms with Gasteiger partial charge in [-0.3, -0.25) is 4.79 Å². The summed E-state index contributed by atoms with van der Waals surface area (Å²) in [6.45, 7) is 0.630. The van der Waals surface area contributed by atoms with Crippen molar-refractivity contribution in [1.29, 1.82) is 0 Å². The fourth-order valence-electron chi connectivity index (χ4n) is 2.80. The summed E-state index contributed by atoms with van der Waals surface area (Å²) in [4.78, 5) is 18.8. The molecule has 0 radical (unpaired) electrons. The molecule has 1 fully saturated rings. The number of hydrogen-bond acceptors (Lipinski definition) is 5. The van der Waals surface area contributed by atoms with Crippen LogP contribution in [0.25, 0.3) is 0 Å². The van der Waals surface area contributed by atoms with Crippen molar-refractivity contribution in [1.82, 2.24) is 20.6 Å². The van der Waals surface area contributed by atoms with Crippen LogP contribution in [0, 0.1) is 0 Å². The van der Waals surface area contributed by atoms with Gasteiger partial charge in [0.05, 0.1) is 13.2 Å². The Kier molecular flexibility index (Phi) is 5.18. The van der Waals surface area contributed by atoms with E-state index < -0.39 is 35.3 Å². The van der Waals surface area contributed by atoms with E-state index in [0.717, 1.165) is 18.7 Å². The number of amides is 1. The zero-order chi connectivity index (χ0) is 19.7. The molecular formula is C17H18F4N4O2. The number of aromatic nitrogens is 2. The van der Waals surface area contributed by atoms with Crippen molar-refractivity contribution < 1.29 is 27.1 Å². The molecule has 1 aromatic heterocycles. The Morgan fingerprint density at radius 3 is 2.67 bits per heavy atom. The van der Waals surface area contributed by atoms with Crippen LogP contribution in [0.3, 0.4) is 0 Å². The van der Waals surface area contributed by atoms with Gasteiger partial charge in [0.25, 0.3) is 5.91 Å². The van der Waals surface area contributed by atoms with Crippen LogP contribution in [-0.2, 0) is 6.18 Å². The highest BCUT2D eigenvalue weighted by molar-refractivity contribution is 5.92. The van der Waals surface area contributed by atoms with E-state index in [9.17, 15) is 22.4 Å². The minimum Gasteiger partial charge on any atom is -0.481 e. The summed E-state index contributed by atoms with van der Waals surface area (Å²) >= 11 is 0. The quantitative estimate of drug-likeness (QED) is 0.759. The standard InChI is InChI=1S/C17H18F4N4O2/c1-27-13-6-12(24-15(25-13)17(19,20)21)14(26)23-11-4-2-10(3-5-11)7-16(18)8-22-9-16/h2-4,6,11,22H,5,7-9H2,1H3,(H,23,26). The van der Waals surface area contributed by atoms with Crippen molar-refractivity contribution in [2.75, 3.05) is 20.2 Å². The second kappa shape index (κ2) is 7.26. The highest BCUT2D eigenvalue weighted by Gasteiger charge is 2.38. The van der Waals surface area contributed by atoms with Crippen molar-refractivity contribution >= 4 is 5.91 Å². The van der Waals surface area contributed by atoms with Gasteiger partial charge >= 0.3 is 6.18 Å². The second-order valence-electron chi connectivity index (χ2n) is 6.50. The van der Waals surface area contributed by atoms with Crippen LogP contribution in [0.1, 0.15) is 29.2 Å². The number of methoxy groups -OCH3 is 1. The van der Waals surface area contributed by atoms with Crippen LogP contribution < -0.4 is 15.4 Å². The third-order valence-corrected chi connectivity index (χ3v) is 4.30. The van der Waals surface area contributed by atoms with E-state index in [-0.39, 0.29) is 12.3 Å². The van der Waals surface area contributed by atoms with Crippen LogP contribution in [0.15, 0.2) is 29.9 Å². The Bertz CT molecular complexity index is 788. The van der Waals surface area contributed by atoms with Gasteiger partial charge in [-0.1, -0.05) is 18.2 Å². The van der Waals surface area contributed by atoms with E-state index in [1.54, 1.807) is 12.2 Å². The Morgan fingerprint density at radius 1 is 1.41 bits per heavy atom. The number of allylic oxidation sites excluding steroid dienone is 2. The molecule has 2 N–H and O–H groups in total. The van der Waals surface area contributed by atoms with Gasteiger partial charge < -0.3 is 15.4 Å². The molecule has 146 valence electrons. The molecule has 1 aliphatic heterocycles. The van der Waals surface area contributed by atoms with Gasteiger partial charge in [0.2, 0.25) is 11.7 Å². The first-order valence-corrected chi connectivity index (χ1v) is 8.26. The van der Waals surface area contributed by atoms with Gasteiger partial charge in [0.15, 0.2) is 0 Å². The van der Waals surface area contributed by atoms with E-state index in [1.165, 1.54) is 0 Å². The molecule has 27 heavy (non-hydrogen) atoms. The number of hydrogen-bond donors (Lipinski definition) is 2. The highest BCUT2D eigenvalue weighted by Crippen LogP contribution is 2.29. The molecule has 6 nitrogen and oxygen atoms in total. The van der Waals surface area contributed by atoms with Gasteiger partial charge in [0, 0.05) is 25.6 Å². The maximum absolute atomic E-state index is 14.1. The summed E-state index contributed by atoms with van der Waals surface area (Å²) in [5.41, 5.74) is -0.856. The molecule has 1 aromatic rings. The first-order chi connectivity index (χ1) is 12.7. The summed E-state index contributed by atoms with van der Waals surface area (Å²) in [5.74, 6) is -2.58. The number of halogens is 4. The number of nitrogens with zero attached hydrogens (tertiary/aromatic N) is 2. The minimum absolute atomic E-state index is 0.287. The third-order valence-electron chi connectivity index (χ3n) is 4.30. The van der Waals surface area contributed by atoms with Crippen LogP contribution in [-0.4, -0.2) is 47.8 Å². The molecule has 2 aliphatic rings. The van der Waals surface area contributed by atoms with Crippen LogP contribution >= 0.6 is 0 Å². The van der Waals surface area contributed by atoms with Crippen molar-refractivity contribution in [3.8, 4) is 5.88 Å². The number of carbonyl (C=O) groups excluding carboxylic acids is 1. The van der Waals surface area contributed by atoms with Crippen LogP contribution in [0.2, 0.25) is 0 Å². The Balaban J connectivity index is 1.64. The lowest BCUT2D eigenvalue weighted by atomic mass is 9.88. The number of rotatable bonds is 5. The molecule has 1 aliphatic carbocycles. The molecule has 1 amide bonds. The molecule has 2 heterocycles. The fourth-order valence-corrected chi connectivity index (χ4v) is 2.80. The van der Waals surface area contributed by atoms with E-state index in [2.05, 4.69) is 20.6 Å². The predicted octanol–water partition coefficient (Wildman–Crippen LogP) is 2.19. The fraction of sp³-hybridized carbons (Fsp3) is 0.471. The smallest absolute Gasteiger partial charge is 0.451 e. The molecule has 1 saturated heterocycles. The third kappa shape index (κ3) is 4.62. The molecule has 10 heteroatoms. The Labute approximate surface area is 152 Å². The lowest BCUT2D eigenvalue weighted by Crippen LogP contribution is -2.56. The lowest BCUT2D eigenvalue weighted by molar-refractivity contribution is -0.145. The van der Waals surface area contributed by atoms with Crippen LogP contribution in [0.5, 0.6) is 5.88 Å². The van der Waals surface area contributed by atoms with Crippen molar-refractivity contribution in [3.63, 3.8) is 0 Å². The SMILES string of the molecule is COc1cc(C(=O)NC2C=CC(CC3(F)CNC3)=CC2)nc(C(F)(F)F)n1. The highest BCUT2D eigenvalue weighted by atomic mass is 19.4. The average Bonchev–Trinajstić information content (AvgIpc) is 2.60. The second-order valence-corrected chi connectivity index (χ2v) is 6.50. The number of ether oxygens (including phenoxy) is 1. The van der Waals surface area contributed by atoms with Gasteiger partial charge in [0.1, 0.15) is 11.4 Å². The Morgan fingerprint density at radius 2 is 2.15 bits per heavy atom. The predicted molar refractivity (Wildman–Crippen MR) is 88.0 cm³/mol. The molecule has 0 aromatic carbocycles. The summed E-state index contributed by atoms with van der Waals surface area (Å²) in [6.07, 6.45) is 1.11. The van der Waals surface area contributed by atoms with Gasteiger partial charge in [-0.25, -0.2) is 9.37 Å². The molecular weight excluding hydrogens is 368 g/mol. The molecule has 3 rings (SSSR count). The average molecular weight is 386 g/mol. The molecule has 0 spiro atoms. The van der Waals surface area contributed by atoms with E-state index in [0.29, 0.717) is 19.5 Å². The summed E-state index contributed by atoms with van der Waals surface area (Å²) in [7, 11) is 1.15. The minimum atomic E-state index is -4.80. The maximum atomic E-state index is 14.1. The normalized spacial score (nSPS) is 21.2. The molecule has 1 unspecified atom stereocenters. The largest absolute Gasteiger partial charge is 0.481 e. The van der Waals surface area contributed by atoms with Crippen molar-refractivity contribution in [3.05, 3.63) is 41.4 Å². The zero-order valence-electron chi connectivity index (χ0n) is 14.4. The number of carbonyl (C=O) groups is 1. The summed E-state index contributed by atoms with van der Waals surface area (Å²) in [6, 6.07) is 0.612. The van der Waals surface area contributed by atoms with E-state index in [1.807, 2.05) is 6.08 Å². The van der Waals surface area contributed by atoms with E-state index >= 15 is 0 Å². The van der Waals surface area contributed by atoms with Gasteiger partial charge in [-0.15, -0.1) is 0 Å². The van der Waals surface area contributed by atoms with Crippen molar-refractivity contribution in [2.45, 2.75) is 30.7 Å². The first kappa shape index (κ1) is 19.3. The number of nitrogens with one attached hydrogen (secondary N) is 2. The van der Waals surface area contributed by atoms with E-state index in [4.69, 9.17) is 4.74 Å². The lowest BCUT2D eigenvalue weighted by Gasteiger charge is -2.35. The summed E-state index contributed by atoms with van der Waals surface area (Å²) < 4.78 is 57.4. The number of alkyl halides is 4. The zero-order valence-corrected chi connectivity index (χ0v) is 14.4. The van der Waals surface area contributed by atoms with Crippen molar-refractivity contribution in [2.24, 2.45) is 0 Å². The van der Waals surface area contributed by atoms with Crippen LogP contribution in [0.4, 0.5) is 17.6 Å². The first-order valence-electron chi connectivity index (χ1n) is 8.26. The molecule has 0 saturated carbocycles. The Hall–Kier alpha value is -2.49. The topological polar surface area (TPSA) is 76.1 Å². The van der Waals surface area contributed by atoms with Gasteiger partial charge in [-0.05, 0) is 12.0 Å². The van der Waals surface area contributed by atoms with Gasteiger partial charge in [-0.2, -0.15) is 18.2 Å². The maximum Gasteiger partial charge on any atom is 0.451 e. The monoisotopic (exact) mass is 386 g/mol. The summed E-state index contributed by atoms with van der Waals surface area (Å²) in [5, 5.41) is 5.47.